The zero-order chi connectivity index (χ0) is 19.2. The molecule has 0 fully saturated rings. The standard InChI is InChI=1S/C22H21N5O/c28-22(27-14-16-4-3-9-23-13-16)17-7-10-24-21(12-17)25-11-8-18-15-26-20-6-2-1-5-19(18)20/h1-7,9-10,12-13,15,26H,8,11,14H2,(H,24,25)(H,27,28). The smallest absolute Gasteiger partial charge is 0.251 e. The molecule has 3 N–H and O–H groups in total. The number of benzene rings is 1. The van der Waals surface area contributed by atoms with E-state index in [4.69, 9.17) is 0 Å². The van der Waals surface area contributed by atoms with Crippen molar-refractivity contribution in [1.29, 1.82) is 0 Å². The monoisotopic (exact) mass is 371 g/mol. The molecular weight excluding hydrogens is 350 g/mol. The molecular formula is C22H21N5O. The minimum atomic E-state index is -0.133. The predicted octanol–water partition coefficient (Wildman–Crippen LogP) is 3.54. The van der Waals surface area contributed by atoms with Gasteiger partial charge in [0.2, 0.25) is 0 Å². The van der Waals surface area contributed by atoms with Gasteiger partial charge in [-0.25, -0.2) is 4.98 Å². The first-order valence-electron chi connectivity index (χ1n) is 9.21. The van der Waals surface area contributed by atoms with Crippen LogP contribution in [-0.4, -0.2) is 27.4 Å². The number of aromatic nitrogens is 3. The average molecular weight is 371 g/mol. The van der Waals surface area contributed by atoms with E-state index in [-0.39, 0.29) is 5.91 Å². The summed E-state index contributed by atoms with van der Waals surface area (Å²) >= 11 is 0. The van der Waals surface area contributed by atoms with Gasteiger partial charge in [-0.2, -0.15) is 0 Å². The van der Waals surface area contributed by atoms with Crippen LogP contribution in [-0.2, 0) is 13.0 Å². The summed E-state index contributed by atoms with van der Waals surface area (Å²) in [5, 5.41) is 7.44. The summed E-state index contributed by atoms with van der Waals surface area (Å²) < 4.78 is 0. The van der Waals surface area contributed by atoms with Crippen LogP contribution in [0.5, 0.6) is 0 Å². The Kier molecular flexibility index (Phi) is 5.29. The second-order valence-electron chi connectivity index (χ2n) is 6.51. The third kappa shape index (κ3) is 4.17. The number of hydrogen-bond acceptors (Lipinski definition) is 4. The molecule has 6 heteroatoms. The number of H-pyrrole nitrogens is 1. The summed E-state index contributed by atoms with van der Waals surface area (Å²) in [5.74, 6) is 0.555. The SMILES string of the molecule is O=C(NCc1cccnc1)c1ccnc(NCCc2c[nH]c3ccccc23)c1. The Morgan fingerprint density at radius 3 is 2.89 bits per heavy atom. The van der Waals surface area contributed by atoms with Crippen LogP contribution < -0.4 is 10.6 Å². The quantitative estimate of drug-likeness (QED) is 0.464. The number of aromatic amines is 1. The van der Waals surface area contributed by atoms with E-state index in [9.17, 15) is 4.79 Å². The number of rotatable bonds is 7. The highest BCUT2D eigenvalue weighted by Gasteiger charge is 2.07. The van der Waals surface area contributed by atoms with Gasteiger partial charge in [0.15, 0.2) is 0 Å². The van der Waals surface area contributed by atoms with Crippen molar-refractivity contribution in [2.45, 2.75) is 13.0 Å². The van der Waals surface area contributed by atoms with Crippen LogP contribution in [0.25, 0.3) is 10.9 Å². The Balaban J connectivity index is 1.33. The number of fused-ring (bicyclic) bond motifs is 1. The van der Waals surface area contributed by atoms with Crippen LogP contribution in [0.4, 0.5) is 5.82 Å². The van der Waals surface area contributed by atoms with Crippen LogP contribution in [0.1, 0.15) is 21.5 Å². The first kappa shape index (κ1) is 17.7. The van der Waals surface area contributed by atoms with Crippen molar-refractivity contribution in [3.8, 4) is 0 Å². The predicted molar refractivity (Wildman–Crippen MR) is 110 cm³/mol. The minimum absolute atomic E-state index is 0.133. The maximum Gasteiger partial charge on any atom is 0.251 e. The first-order valence-corrected chi connectivity index (χ1v) is 9.21. The van der Waals surface area contributed by atoms with Crippen molar-refractivity contribution in [2.24, 2.45) is 0 Å². The van der Waals surface area contributed by atoms with Crippen molar-refractivity contribution in [2.75, 3.05) is 11.9 Å². The van der Waals surface area contributed by atoms with Gasteiger partial charge < -0.3 is 15.6 Å². The lowest BCUT2D eigenvalue weighted by Crippen LogP contribution is -2.23. The second-order valence-corrected chi connectivity index (χ2v) is 6.51. The lowest BCUT2D eigenvalue weighted by molar-refractivity contribution is 0.0951. The zero-order valence-electron chi connectivity index (χ0n) is 15.4. The molecule has 4 aromatic rings. The number of carbonyl (C=O) groups excluding carboxylic acids is 1. The average Bonchev–Trinajstić information content (AvgIpc) is 3.16. The number of hydrogen-bond donors (Lipinski definition) is 3. The van der Waals surface area contributed by atoms with Gasteiger partial charge in [0.1, 0.15) is 5.82 Å². The molecule has 0 saturated heterocycles. The molecule has 0 saturated carbocycles. The summed E-state index contributed by atoms with van der Waals surface area (Å²) in [7, 11) is 0. The topological polar surface area (TPSA) is 82.7 Å². The fraction of sp³-hybridized carbons (Fsp3) is 0.136. The second kappa shape index (κ2) is 8.35. The molecule has 6 nitrogen and oxygen atoms in total. The number of nitrogens with zero attached hydrogens (tertiary/aromatic N) is 2. The minimum Gasteiger partial charge on any atom is -0.370 e. The summed E-state index contributed by atoms with van der Waals surface area (Å²) in [6, 6.07) is 15.5. The van der Waals surface area contributed by atoms with Gasteiger partial charge in [0.05, 0.1) is 0 Å². The molecule has 0 atom stereocenters. The first-order chi connectivity index (χ1) is 13.8. The largest absolute Gasteiger partial charge is 0.370 e. The van der Waals surface area contributed by atoms with Gasteiger partial charge in [0, 0.05) is 54.3 Å². The van der Waals surface area contributed by atoms with Gasteiger partial charge in [0.25, 0.3) is 5.91 Å². The highest BCUT2D eigenvalue weighted by Crippen LogP contribution is 2.18. The maximum absolute atomic E-state index is 12.4. The molecule has 3 heterocycles. The highest BCUT2D eigenvalue weighted by atomic mass is 16.1. The van der Waals surface area contributed by atoms with Crippen LogP contribution in [0.15, 0.2) is 73.3 Å². The van der Waals surface area contributed by atoms with Gasteiger partial charge in [-0.15, -0.1) is 0 Å². The maximum atomic E-state index is 12.4. The molecule has 0 aliphatic carbocycles. The summed E-state index contributed by atoms with van der Waals surface area (Å²) in [5.41, 5.74) is 3.94. The Morgan fingerprint density at radius 1 is 1.07 bits per heavy atom. The van der Waals surface area contributed by atoms with Gasteiger partial charge in [-0.1, -0.05) is 24.3 Å². The molecule has 28 heavy (non-hydrogen) atoms. The van der Waals surface area contributed by atoms with Crippen molar-refractivity contribution in [1.82, 2.24) is 20.3 Å². The molecule has 0 spiro atoms. The number of pyridine rings is 2. The number of anilines is 1. The van der Waals surface area contributed by atoms with Crippen molar-refractivity contribution in [3.63, 3.8) is 0 Å². The van der Waals surface area contributed by atoms with Gasteiger partial charge >= 0.3 is 0 Å². The van der Waals surface area contributed by atoms with Gasteiger partial charge in [-0.3, -0.25) is 9.78 Å². The number of carbonyl (C=O) groups is 1. The molecule has 0 unspecified atom stereocenters. The molecule has 0 bridgehead atoms. The summed E-state index contributed by atoms with van der Waals surface area (Å²) in [6.07, 6.45) is 8.01. The van der Waals surface area contributed by atoms with Crippen molar-refractivity contribution < 1.29 is 4.79 Å². The highest BCUT2D eigenvalue weighted by molar-refractivity contribution is 5.94. The Morgan fingerprint density at radius 2 is 2.00 bits per heavy atom. The van der Waals surface area contributed by atoms with E-state index < -0.39 is 0 Å². The third-order valence-corrected chi connectivity index (χ3v) is 4.57. The van der Waals surface area contributed by atoms with E-state index in [2.05, 4.69) is 37.7 Å². The Hall–Kier alpha value is -3.67. The molecule has 1 aromatic carbocycles. The molecule has 3 aromatic heterocycles. The van der Waals surface area contributed by atoms with E-state index in [1.54, 1.807) is 30.7 Å². The third-order valence-electron chi connectivity index (χ3n) is 4.57. The fourth-order valence-corrected chi connectivity index (χ4v) is 3.12. The van der Waals surface area contributed by atoms with E-state index in [0.717, 1.165) is 24.0 Å². The number of amides is 1. The summed E-state index contributed by atoms with van der Waals surface area (Å²) in [4.78, 5) is 24.0. The van der Waals surface area contributed by atoms with E-state index >= 15 is 0 Å². The lowest BCUT2D eigenvalue weighted by atomic mass is 10.1. The zero-order valence-corrected chi connectivity index (χ0v) is 15.4. The lowest BCUT2D eigenvalue weighted by Gasteiger charge is -2.08. The van der Waals surface area contributed by atoms with Crippen LogP contribution in [0, 0.1) is 0 Å². The van der Waals surface area contributed by atoms with Crippen LogP contribution in [0.2, 0.25) is 0 Å². The summed E-state index contributed by atoms with van der Waals surface area (Å²) in [6.45, 7) is 1.17. The normalized spacial score (nSPS) is 10.7. The molecule has 1 amide bonds. The van der Waals surface area contributed by atoms with E-state index in [0.29, 0.717) is 17.9 Å². The number of nitrogens with one attached hydrogen (secondary N) is 3. The molecule has 0 aliphatic heterocycles. The van der Waals surface area contributed by atoms with E-state index in [1.807, 2.05) is 30.5 Å². The Labute approximate surface area is 163 Å². The molecule has 0 aliphatic rings. The fourth-order valence-electron chi connectivity index (χ4n) is 3.12. The molecule has 0 radical (unpaired) electrons. The van der Waals surface area contributed by atoms with Crippen LogP contribution >= 0.6 is 0 Å². The Bertz CT molecular complexity index is 1070. The van der Waals surface area contributed by atoms with Crippen LogP contribution in [0.3, 0.4) is 0 Å². The molecule has 4 rings (SSSR count). The van der Waals surface area contributed by atoms with Crippen molar-refractivity contribution >= 4 is 22.6 Å². The van der Waals surface area contributed by atoms with Crippen molar-refractivity contribution in [3.05, 3.63) is 90.0 Å². The van der Waals surface area contributed by atoms with Gasteiger partial charge in [-0.05, 0) is 41.8 Å². The number of para-hydroxylation sites is 1. The molecule has 140 valence electrons. The van der Waals surface area contributed by atoms with E-state index in [1.165, 1.54) is 10.9 Å².